The Bertz CT molecular complexity index is 1100. The third-order valence-electron chi connectivity index (χ3n) is 5.82. The summed E-state index contributed by atoms with van der Waals surface area (Å²) >= 11 is 7.90. The molecule has 0 spiro atoms. The first kappa shape index (κ1) is 22.5. The molecular formula is C25H26ClN3O2S. The van der Waals surface area contributed by atoms with Gasteiger partial charge in [-0.2, -0.15) is 0 Å². The number of carbonyl (C=O) groups is 2. The Labute approximate surface area is 197 Å². The summed E-state index contributed by atoms with van der Waals surface area (Å²) in [4.78, 5) is 28.8. The molecule has 32 heavy (non-hydrogen) atoms. The molecular weight excluding hydrogens is 442 g/mol. The molecule has 1 aromatic heterocycles. The van der Waals surface area contributed by atoms with E-state index < -0.39 is 0 Å². The van der Waals surface area contributed by atoms with Gasteiger partial charge in [0.15, 0.2) is 0 Å². The molecule has 2 amide bonds. The highest BCUT2D eigenvalue weighted by molar-refractivity contribution is 7.10. The van der Waals surface area contributed by atoms with E-state index in [-0.39, 0.29) is 24.4 Å². The first-order valence-electron chi connectivity index (χ1n) is 10.7. The topological polar surface area (TPSA) is 61.4 Å². The van der Waals surface area contributed by atoms with Gasteiger partial charge in [-0.15, -0.1) is 11.3 Å². The Balaban J connectivity index is 1.39. The van der Waals surface area contributed by atoms with Crippen molar-refractivity contribution in [2.24, 2.45) is 0 Å². The molecule has 2 aromatic carbocycles. The van der Waals surface area contributed by atoms with Gasteiger partial charge in [-0.05, 0) is 59.7 Å². The largest absolute Gasteiger partial charge is 0.353 e. The zero-order chi connectivity index (χ0) is 22.5. The van der Waals surface area contributed by atoms with E-state index in [0.29, 0.717) is 17.1 Å². The Morgan fingerprint density at radius 2 is 1.88 bits per heavy atom. The highest BCUT2D eigenvalue weighted by Crippen LogP contribution is 2.30. The van der Waals surface area contributed by atoms with Crippen molar-refractivity contribution >= 4 is 34.8 Å². The van der Waals surface area contributed by atoms with Gasteiger partial charge in [0.25, 0.3) is 5.91 Å². The summed E-state index contributed by atoms with van der Waals surface area (Å²) < 4.78 is 0. The van der Waals surface area contributed by atoms with Gasteiger partial charge >= 0.3 is 0 Å². The second-order valence-electron chi connectivity index (χ2n) is 7.96. The molecule has 4 rings (SSSR count). The van der Waals surface area contributed by atoms with Crippen molar-refractivity contribution in [1.82, 2.24) is 15.5 Å². The standard InChI is InChI=1S/C25H26ClN3O2S/c1-17-4-2-3-5-21(17)25(31)28-15-24(30)27-14-22(18-6-8-20(26)9-7-18)29-12-10-23-19(16-29)11-13-32-23/h2-9,11,13,22H,10,12,14-16H2,1H3,(H,27,30)(H,28,31). The summed E-state index contributed by atoms with van der Waals surface area (Å²) in [5.41, 5.74) is 3.93. The molecule has 3 aromatic rings. The van der Waals surface area contributed by atoms with Crippen molar-refractivity contribution in [1.29, 1.82) is 0 Å². The minimum absolute atomic E-state index is 0.0244. The fraction of sp³-hybridized carbons (Fsp3) is 0.280. The number of aryl methyl sites for hydroxylation is 1. The Hall–Kier alpha value is -2.67. The maximum Gasteiger partial charge on any atom is 0.251 e. The number of benzene rings is 2. The van der Waals surface area contributed by atoms with Crippen molar-refractivity contribution in [3.63, 3.8) is 0 Å². The van der Waals surface area contributed by atoms with Crippen LogP contribution in [0.2, 0.25) is 5.02 Å². The predicted octanol–water partition coefficient (Wildman–Crippen LogP) is 4.36. The molecule has 0 radical (unpaired) electrons. The van der Waals surface area contributed by atoms with Crippen molar-refractivity contribution in [2.75, 3.05) is 19.6 Å². The zero-order valence-electron chi connectivity index (χ0n) is 17.9. The lowest BCUT2D eigenvalue weighted by Gasteiger charge is -2.35. The number of halogens is 1. The van der Waals surface area contributed by atoms with E-state index in [1.54, 1.807) is 6.07 Å². The molecule has 2 N–H and O–H groups in total. The summed E-state index contributed by atoms with van der Waals surface area (Å²) in [6.07, 6.45) is 1.01. The number of amides is 2. The van der Waals surface area contributed by atoms with Gasteiger partial charge in [-0.25, -0.2) is 0 Å². The van der Waals surface area contributed by atoms with Crippen LogP contribution in [0.3, 0.4) is 0 Å². The van der Waals surface area contributed by atoms with Crippen molar-refractivity contribution in [3.05, 3.63) is 92.1 Å². The van der Waals surface area contributed by atoms with Crippen LogP contribution in [0.15, 0.2) is 60.0 Å². The van der Waals surface area contributed by atoms with Crippen LogP contribution in [0, 0.1) is 6.92 Å². The van der Waals surface area contributed by atoms with Crippen molar-refractivity contribution in [3.8, 4) is 0 Å². The van der Waals surface area contributed by atoms with Gasteiger partial charge in [0.05, 0.1) is 12.6 Å². The van der Waals surface area contributed by atoms with Crippen molar-refractivity contribution < 1.29 is 9.59 Å². The number of hydrogen-bond donors (Lipinski definition) is 2. The van der Waals surface area contributed by atoms with Crippen molar-refractivity contribution in [2.45, 2.75) is 25.9 Å². The smallest absolute Gasteiger partial charge is 0.251 e. The van der Waals surface area contributed by atoms with Crippen LogP contribution < -0.4 is 10.6 Å². The minimum atomic E-state index is -0.242. The van der Waals surface area contributed by atoms with Crippen LogP contribution in [-0.4, -0.2) is 36.3 Å². The summed E-state index contributed by atoms with van der Waals surface area (Å²) in [7, 11) is 0. The summed E-state index contributed by atoms with van der Waals surface area (Å²) in [5.74, 6) is -0.451. The van der Waals surface area contributed by atoms with Crippen LogP contribution in [0.25, 0.3) is 0 Å². The number of hydrogen-bond acceptors (Lipinski definition) is 4. The number of thiophene rings is 1. The zero-order valence-corrected chi connectivity index (χ0v) is 19.5. The van der Waals surface area contributed by atoms with E-state index in [9.17, 15) is 9.59 Å². The highest BCUT2D eigenvalue weighted by atomic mass is 35.5. The lowest BCUT2D eigenvalue weighted by molar-refractivity contribution is -0.120. The van der Waals surface area contributed by atoms with E-state index in [1.807, 2.05) is 60.7 Å². The van der Waals surface area contributed by atoms with Gasteiger partial charge in [-0.3, -0.25) is 14.5 Å². The second-order valence-corrected chi connectivity index (χ2v) is 9.40. The summed E-state index contributed by atoms with van der Waals surface area (Å²) in [5, 5.41) is 8.56. The number of carbonyl (C=O) groups excluding carboxylic acids is 2. The van der Waals surface area contributed by atoms with Gasteiger partial charge < -0.3 is 10.6 Å². The molecule has 7 heteroatoms. The normalized spacial score (nSPS) is 14.4. The van der Waals surface area contributed by atoms with Gasteiger partial charge in [0.1, 0.15) is 0 Å². The SMILES string of the molecule is Cc1ccccc1C(=O)NCC(=O)NCC(c1ccc(Cl)cc1)N1CCc2sccc2C1. The van der Waals surface area contributed by atoms with Crippen LogP contribution in [-0.2, 0) is 17.8 Å². The molecule has 0 saturated heterocycles. The van der Waals surface area contributed by atoms with E-state index in [0.717, 1.165) is 30.6 Å². The summed E-state index contributed by atoms with van der Waals surface area (Å²) in [6.45, 7) is 4.06. The molecule has 5 nitrogen and oxygen atoms in total. The average molecular weight is 468 g/mol. The van der Waals surface area contributed by atoms with E-state index in [1.165, 1.54) is 10.4 Å². The number of rotatable bonds is 7. The lowest BCUT2D eigenvalue weighted by atomic mass is 10.0. The number of nitrogens with one attached hydrogen (secondary N) is 2. The Morgan fingerprint density at radius 3 is 2.66 bits per heavy atom. The molecule has 1 aliphatic rings. The van der Waals surface area contributed by atoms with Gasteiger partial charge in [0, 0.05) is 35.1 Å². The molecule has 166 valence electrons. The molecule has 2 heterocycles. The molecule has 1 aliphatic heterocycles. The monoisotopic (exact) mass is 467 g/mol. The van der Waals surface area contributed by atoms with Crippen LogP contribution in [0.1, 0.15) is 38.0 Å². The predicted molar refractivity (Wildman–Crippen MR) is 129 cm³/mol. The molecule has 0 aliphatic carbocycles. The Morgan fingerprint density at radius 1 is 1.09 bits per heavy atom. The number of nitrogens with zero attached hydrogens (tertiary/aromatic N) is 1. The highest BCUT2D eigenvalue weighted by Gasteiger charge is 2.26. The molecule has 0 saturated carbocycles. The molecule has 0 fully saturated rings. The number of fused-ring (bicyclic) bond motifs is 1. The first-order chi connectivity index (χ1) is 15.5. The van der Waals surface area contributed by atoms with E-state index >= 15 is 0 Å². The third-order valence-corrected chi connectivity index (χ3v) is 7.10. The Kier molecular flexibility index (Phi) is 7.25. The average Bonchev–Trinajstić information content (AvgIpc) is 3.27. The van der Waals surface area contributed by atoms with Crippen LogP contribution in [0.4, 0.5) is 0 Å². The van der Waals surface area contributed by atoms with Gasteiger partial charge in [-0.1, -0.05) is 41.9 Å². The van der Waals surface area contributed by atoms with E-state index in [2.05, 4.69) is 27.0 Å². The second kappa shape index (κ2) is 10.3. The maximum absolute atomic E-state index is 12.5. The van der Waals surface area contributed by atoms with E-state index in [4.69, 9.17) is 11.6 Å². The maximum atomic E-state index is 12.5. The van der Waals surface area contributed by atoms with Gasteiger partial charge in [0.2, 0.25) is 5.91 Å². The fourth-order valence-corrected chi connectivity index (χ4v) is 5.05. The molecule has 0 bridgehead atoms. The summed E-state index contributed by atoms with van der Waals surface area (Å²) in [6, 6.07) is 17.3. The lowest BCUT2D eigenvalue weighted by Crippen LogP contribution is -2.43. The molecule has 1 unspecified atom stereocenters. The fourth-order valence-electron chi connectivity index (χ4n) is 4.04. The van der Waals surface area contributed by atoms with Crippen LogP contribution >= 0.6 is 22.9 Å². The molecule has 1 atom stereocenters. The quantitative estimate of drug-likeness (QED) is 0.543. The third kappa shape index (κ3) is 5.38. The minimum Gasteiger partial charge on any atom is -0.353 e. The van der Waals surface area contributed by atoms with Crippen LogP contribution in [0.5, 0.6) is 0 Å². The first-order valence-corrected chi connectivity index (χ1v) is 11.9.